The van der Waals surface area contributed by atoms with Gasteiger partial charge >= 0.3 is 0 Å². The number of nitrogens with zero attached hydrogens (tertiary/aromatic N) is 1. The van der Waals surface area contributed by atoms with Gasteiger partial charge in [-0.2, -0.15) is 0 Å². The van der Waals surface area contributed by atoms with Crippen LogP contribution in [0.4, 0.5) is 0 Å². The van der Waals surface area contributed by atoms with E-state index in [0.717, 1.165) is 5.56 Å². The van der Waals surface area contributed by atoms with Crippen LogP contribution < -0.4 is 14.8 Å². The minimum absolute atomic E-state index is 0.0426. The molecule has 1 N–H and O–H groups in total. The predicted molar refractivity (Wildman–Crippen MR) is 99.0 cm³/mol. The number of benzene rings is 2. The first-order valence-electron chi connectivity index (χ1n) is 8.44. The zero-order chi connectivity index (χ0) is 18.1. The molecule has 1 amide bonds. The lowest BCUT2D eigenvalue weighted by Crippen LogP contribution is -2.36. The highest BCUT2D eigenvalue weighted by Gasteiger charge is 2.15. The maximum Gasteiger partial charge on any atom is 0.258 e. The topological polar surface area (TPSA) is 50.8 Å². The van der Waals surface area contributed by atoms with Crippen LogP contribution >= 0.6 is 0 Å². The van der Waals surface area contributed by atoms with Crippen molar-refractivity contribution in [1.29, 1.82) is 0 Å². The number of likely N-dealkylation sites (N-methyl/N-ethyl adjacent to an activating group) is 1. The summed E-state index contributed by atoms with van der Waals surface area (Å²) < 4.78 is 11.1. The molecular formula is C20H26N2O3. The fraction of sp³-hybridized carbons (Fsp3) is 0.350. The molecule has 0 fully saturated rings. The molecule has 0 bridgehead atoms. The number of carbonyl (C=O) groups is 1. The number of hydrogen-bond acceptors (Lipinski definition) is 4. The van der Waals surface area contributed by atoms with Crippen molar-refractivity contribution in [2.75, 3.05) is 33.9 Å². The molecule has 0 unspecified atom stereocenters. The molecule has 1 atom stereocenters. The number of nitrogens with one attached hydrogen (secondary N) is 1. The van der Waals surface area contributed by atoms with Crippen LogP contribution in [0.2, 0.25) is 0 Å². The molecule has 5 heteroatoms. The van der Waals surface area contributed by atoms with Crippen molar-refractivity contribution < 1.29 is 14.3 Å². The van der Waals surface area contributed by atoms with Gasteiger partial charge in [-0.05, 0) is 38.7 Å². The van der Waals surface area contributed by atoms with E-state index >= 15 is 0 Å². The molecular weight excluding hydrogens is 316 g/mol. The van der Waals surface area contributed by atoms with Gasteiger partial charge in [0, 0.05) is 6.54 Å². The lowest BCUT2D eigenvalue weighted by molar-refractivity contribution is -0.123. The Hall–Kier alpha value is -2.53. The van der Waals surface area contributed by atoms with Gasteiger partial charge in [-0.3, -0.25) is 4.79 Å². The van der Waals surface area contributed by atoms with E-state index in [1.165, 1.54) is 0 Å². The predicted octanol–water partition coefficient (Wildman–Crippen LogP) is 2.88. The molecule has 0 aliphatic rings. The van der Waals surface area contributed by atoms with Gasteiger partial charge in [0.05, 0.1) is 12.6 Å². The monoisotopic (exact) mass is 342 g/mol. The number of rotatable bonds is 9. The Kier molecular flexibility index (Phi) is 7.29. The van der Waals surface area contributed by atoms with Crippen LogP contribution in [0.1, 0.15) is 18.5 Å². The average Bonchev–Trinajstić information content (AvgIpc) is 2.62. The Morgan fingerprint density at radius 1 is 1.00 bits per heavy atom. The lowest BCUT2D eigenvalue weighted by Gasteiger charge is -2.25. The number of carbonyl (C=O) groups excluding carboxylic acids is 1. The maximum absolute atomic E-state index is 12.1. The molecule has 2 rings (SSSR count). The van der Waals surface area contributed by atoms with Crippen LogP contribution in [0.25, 0.3) is 0 Å². The summed E-state index contributed by atoms with van der Waals surface area (Å²) in [6.45, 7) is 2.94. The van der Waals surface area contributed by atoms with Crippen molar-refractivity contribution in [2.45, 2.75) is 13.0 Å². The van der Waals surface area contributed by atoms with E-state index in [-0.39, 0.29) is 18.6 Å². The smallest absolute Gasteiger partial charge is 0.258 e. The summed E-state index contributed by atoms with van der Waals surface area (Å²) in [7, 11) is 4.00. The minimum Gasteiger partial charge on any atom is -0.490 e. The second kappa shape index (κ2) is 9.69. The van der Waals surface area contributed by atoms with E-state index in [4.69, 9.17) is 9.47 Å². The lowest BCUT2D eigenvalue weighted by atomic mass is 10.1. The number of amides is 1. The first-order chi connectivity index (χ1) is 12.1. The molecule has 0 saturated carbocycles. The third kappa shape index (κ3) is 5.80. The number of hydrogen-bond donors (Lipinski definition) is 1. The zero-order valence-electron chi connectivity index (χ0n) is 15.1. The van der Waals surface area contributed by atoms with Crippen LogP contribution in [0.5, 0.6) is 11.5 Å². The molecule has 134 valence electrons. The van der Waals surface area contributed by atoms with Gasteiger partial charge in [0.15, 0.2) is 18.1 Å². The Bertz CT molecular complexity index is 659. The third-order valence-corrected chi connectivity index (χ3v) is 3.81. The van der Waals surface area contributed by atoms with Crippen molar-refractivity contribution in [3.63, 3.8) is 0 Å². The standard InChI is InChI=1S/C20H26N2O3/c1-4-24-18-12-8-9-13-19(18)25-15-20(23)21-14-17(22(2)3)16-10-6-5-7-11-16/h5-13,17H,4,14-15H2,1-3H3,(H,21,23)/t17-/m0/s1. The minimum atomic E-state index is -0.158. The highest BCUT2D eigenvalue weighted by atomic mass is 16.5. The van der Waals surface area contributed by atoms with E-state index in [2.05, 4.69) is 22.3 Å². The summed E-state index contributed by atoms with van der Waals surface area (Å²) in [5.74, 6) is 1.06. The molecule has 0 aliphatic carbocycles. The largest absolute Gasteiger partial charge is 0.490 e. The molecule has 0 aliphatic heterocycles. The van der Waals surface area contributed by atoms with Crippen molar-refractivity contribution >= 4 is 5.91 Å². The second-order valence-corrected chi connectivity index (χ2v) is 5.86. The Morgan fingerprint density at radius 3 is 2.20 bits per heavy atom. The zero-order valence-corrected chi connectivity index (χ0v) is 15.1. The summed E-state index contributed by atoms with van der Waals surface area (Å²) >= 11 is 0. The Balaban J connectivity index is 1.88. The van der Waals surface area contributed by atoms with E-state index in [1.807, 2.05) is 57.4 Å². The van der Waals surface area contributed by atoms with Gasteiger partial charge in [0.2, 0.25) is 0 Å². The van der Waals surface area contributed by atoms with E-state index in [0.29, 0.717) is 24.7 Å². The first kappa shape index (κ1) is 18.8. The molecule has 2 aromatic rings. The molecule has 0 aromatic heterocycles. The molecule has 0 heterocycles. The summed E-state index contributed by atoms with van der Waals surface area (Å²) in [6.07, 6.45) is 0. The fourth-order valence-corrected chi connectivity index (χ4v) is 2.52. The summed E-state index contributed by atoms with van der Waals surface area (Å²) in [4.78, 5) is 14.2. The van der Waals surface area contributed by atoms with Gasteiger partial charge in [0.25, 0.3) is 5.91 Å². The first-order valence-corrected chi connectivity index (χ1v) is 8.44. The van der Waals surface area contributed by atoms with Crippen molar-refractivity contribution in [1.82, 2.24) is 10.2 Å². The molecule has 25 heavy (non-hydrogen) atoms. The maximum atomic E-state index is 12.1. The summed E-state index contributed by atoms with van der Waals surface area (Å²) in [6, 6.07) is 17.6. The third-order valence-electron chi connectivity index (χ3n) is 3.81. The quantitative estimate of drug-likeness (QED) is 0.761. The molecule has 5 nitrogen and oxygen atoms in total. The number of para-hydroxylation sites is 2. The van der Waals surface area contributed by atoms with Crippen LogP contribution in [-0.4, -0.2) is 44.7 Å². The van der Waals surface area contributed by atoms with Gasteiger partial charge < -0.3 is 19.7 Å². The fourth-order valence-electron chi connectivity index (χ4n) is 2.52. The summed E-state index contributed by atoms with van der Waals surface area (Å²) in [5, 5.41) is 2.94. The van der Waals surface area contributed by atoms with Gasteiger partial charge in [-0.1, -0.05) is 42.5 Å². The molecule has 2 aromatic carbocycles. The van der Waals surface area contributed by atoms with Gasteiger partial charge in [-0.25, -0.2) is 0 Å². The summed E-state index contributed by atoms with van der Waals surface area (Å²) in [5.41, 5.74) is 1.16. The van der Waals surface area contributed by atoms with Crippen LogP contribution in [-0.2, 0) is 4.79 Å². The van der Waals surface area contributed by atoms with E-state index < -0.39 is 0 Å². The van der Waals surface area contributed by atoms with Crippen molar-refractivity contribution in [3.05, 3.63) is 60.2 Å². The normalized spacial score (nSPS) is 11.8. The van der Waals surface area contributed by atoms with Crippen molar-refractivity contribution in [3.8, 4) is 11.5 Å². The number of ether oxygens (including phenoxy) is 2. The van der Waals surface area contributed by atoms with E-state index in [9.17, 15) is 4.79 Å². The molecule has 0 spiro atoms. The molecule has 0 radical (unpaired) electrons. The highest BCUT2D eigenvalue weighted by Crippen LogP contribution is 2.26. The second-order valence-electron chi connectivity index (χ2n) is 5.86. The van der Waals surface area contributed by atoms with Crippen LogP contribution in [0.3, 0.4) is 0 Å². The SMILES string of the molecule is CCOc1ccccc1OCC(=O)NC[C@@H](c1ccccc1)N(C)C. The average molecular weight is 342 g/mol. The van der Waals surface area contributed by atoms with Crippen LogP contribution in [0, 0.1) is 0 Å². The van der Waals surface area contributed by atoms with Gasteiger partial charge in [-0.15, -0.1) is 0 Å². The van der Waals surface area contributed by atoms with Crippen LogP contribution in [0.15, 0.2) is 54.6 Å². The Labute approximate surface area is 149 Å². The van der Waals surface area contributed by atoms with E-state index in [1.54, 1.807) is 6.07 Å². The highest BCUT2D eigenvalue weighted by molar-refractivity contribution is 5.77. The van der Waals surface area contributed by atoms with Gasteiger partial charge in [0.1, 0.15) is 0 Å². The van der Waals surface area contributed by atoms with Crippen molar-refractivity contribution in [2.24, 2.45) is 0 Å². The Morgan fingerprint density at radius 2 is 1.60 bits per heavy atom. The molecule has 0 saturated heterocycles.